The molecule has 1 rings (SSSR count). The summed E-state index contributed by atoms with van der Waals surface area (Å²) >= 11 is 0. The number of benzene rings is 1. The Balaban J connectivity index is 3.32. The van der Waals surface area contributed by atoms with Crippen LogP contribution in [-0.2, 0) is 10.3 Å². The topological polar surface area (TPSA) is 29.4 Å². The summed E-state index contributed by atoms with van der Waals surface area (Å²) in [5, 5.41) is 0. The van der Waals surface area contributed by atoms with E-state index in [-0.39, 0.29) is 0 Å². The van der Waals surface area contributed by atoms with Crippen LogP contribution in [0.4, 0.5) is 0 Å². The number of isocyanates is 1. The lowest BCUT2D eigenvalue weighted by Crippen LogP contribution is -2.16. The van der Waals surface area contributed by atoms with E-state index in [1.165, 1.54) is 0 Å². The molecule has 1 aromatic rings. The van der Waals surface area contributed by atoms with Crippen molar-refractivity contribution >= 4 is 6.08 Å². The minimum absolute atomic E-state index is 0.660. The van der Waals surface area contributed by atoms with Crippen molar-refractivity contribution in [2.24, 2.45) is 4.99 Å². The summed E-state index contributed by atoms with van der Waals surface area (Å²) in [5.74, 6) is 0. The normalized spacial score (nSPS) is 13.9. The highest BCUT2D eigenvalue weighted by molar-refractivity contribution is 5.42. The number of hydrogen-bond acceptors (Lipinski definition) is 2. The Labute approximate surface area is 84.0 Å². The van der Waals surface area contributed by atoms with Crippen LogP contribution in [0.3, 0.4) is 0 Å². The molecule has 0 saturated carbocycles. The first-order chi connectivity index (χ1) is 6.64. The largest absolute Gasteiger partial charge is 0.236 e. The Kier molecular flexibility index (Phi) is 3.00. The first-order valence-corrected chi connectivity index (χ1v) is 4.43. The van der Waals surface area contributed by atoms with Gasteiger partial charge in [0.15, 0.2) is 0 Å². The van der Waals surface area contributed by atoms with Gasteiger partial charge in [0.05, 0.1) is 0 Å². The fourth-order valence-corrected chi connectivity index (χ4v) is 1.45. The van der Waals surface area contributed by atoms with E-state index in [2.05, 4.69) is 11.6 Å². The van der Waals surface area contributed by atoms with Crippen molar-refractivity contribution in [1.82, 2.24) is 0 Å². The van der Waals surface area contributed by atoms with Crippen molar-refractivity contribution < 1.29 is 4.79 Å². The lowest BCUT2D eigenvalue weighted by atomic mass is 9.89. The number of hydrogen-bond donors (Lipinski definition) is 0. The zero-order valence-corrected chi connectivity index (χ0v) is 8.45. The van der Waals surface area contributed by atoms with Crippen molar-refractivity contribution in [2.75, 3.05) is 0 Å². The van der Waals surface area contributed by atoms with E-state index >= 15 is 0 Å². The summed E-state index contributed by atoms with van der Waals surface area (Å²) in [6.07, 6.45) is 3.24. The smallest absolute Gasteiger partial charge is 0.211 e. The zero-order chi connectivity index (χ0) is 10.6. The maximum absolute atomic E-state index is 10.3. The molecule has 14 heavy (non-hydrogen) atoms. The average molecular weight is 187 g/mol. The van der Waals surface area contributed by atoms with E-state index in [1.807, 2.05) is 38.1 Å². The van der Waals surface area contributed by atoms with Gasteiger partial charge in [-0.25, -0.2) is 4.79 Å². The molecule has 0 saturated heterocycles. The molecular weight excluding hydrogens is 174 g/mol. The molecule has 0 fully saturated rings. The maximum Gasteiger partial charge on any atom is 0.236 e. The molecule has 0 bridgehead atoms. The quantitative estimate of drug-likeness (QED) is 0.406. The number of carbonyl (C=O) groups excluding carboxylic acids is 1. The Morgan fingerprint density at radius 3 is 2.64 bits per heavy atom. The highest BCUT2D eigenvalue weighted by Crippen LogP contribution is 2.28. The van der Waals surface area contributed by atoms with Crippen LogP contribution in [0, 0.1) is 6.92 Å². The molecule has 0 N–H and O–H groups in total. The molecular formula is C12H13NO. The molecule has 0 aliphatic carbocycles. The van der Waals surface area contributed by atoms with Gasteiger partial charge in [-0.3, -0.25) is 0 Å². The predicted octanol–water partition coefficient (Wildman–Crippen LogP) is 2.73. The number of nitrogens with zero attached hydrogens (tertiary/aromatic N) is 1. The number of aryl methyl sites for hydroxylation is 1. The highest BCUT2D eigenvalue weighted by atomic mass is 16.1. The second-order valence-corrected chi connectivity index (χ2v) is 3.37. The lowest BCUT2D eigenvalue weighted by molar-refractivity contribution is 0.546. The minimum Gasteiger partial charge on any atom is -0.211 e. The van der Waals surface area contributed by atoms with Gasteiger partial charge in [-0.2, -0.15) is 4.99 Å². The molecule has 0 heterocycles. The third kappa shape index (κ3) is 1.81. The van der Waals surface area contributed by atoms with Crippen molar-refractivity contribution in [2.45, 2.75) is 19.4 Å². The van der Waals surface area contributed by atoms with Crippen LogP contribution in [0.15, 0.2) is 41.9 Å². The summed E-state index contributed by atoms with van der Waals surface area (Å²) in [6, 6.07) is 7.80. The van der Waals surface area contributed by atoms with Gasteiger partial charge in [0.25, 0.3) is 0 Å². The molecule has 0 radical (unpaired) electrons. The van der Waals surface area contributed by atoms with Gasteiger partial charge in [0, 0.05) is 0 Å². The van der Waals surface area contributed by atoms with Crippen LogP contribution in [0.1, 0.15) is 18.1 Å². The summed E-state index contributed by atoms with van der Waals surface area (Å²) in [5.41, 5.74) is 1.42. The predicted molar refractivity (Wildman–Crippen MR) is 56.8 cm³/mol. The number of rotatable bonds is 3. The van der Waals surface area contributed by atoms with Gasteiger partial charge in [0.1, 0.15) is 5.54 Å². The zero-order valence-electron chi connectivity index (χ0n) is 8.45. The SMILES string of the molecule is C=CC(C)(N=C=O)c1ccccc1C. The van der Waals surface area contributed by atoms with E-state index < -0.39 is 5.54 Å². The molecule has 1 atom stereocenters. The highest BCUT2D eigenvalue weighted by Gasteiger charge is 2.23. The van der Waals surface area contributed by atoms with Gasteiger partial charge in [-0.05, 0) is 25.0 Å². The van der Waals surface area contributed by atoms with Gasteiger partial charge < -0.3 is 0 Å². The first-order valence-electron chi connectivity index (χ1n) is 4.43. The maximum atomic E-state index is 10.3. The second kappa shape index (κ2) is 4.03. The monoisotopic (exact) mass is 187 g/mol. The fraction of sp³-hybridized carbons (Fsp3) is 0.250. The molecule has 0 spiro atoms. The van der Waals surface area contributed by atoms with Gasteiger partial charge in [-0.1, -0.05) is 30.3 Å². The third-order valence-electron chi connectivity index (χ3n) is 2.37. The van der Waals surface area contributed by atoms with E-state index in [9.17, 15) is 4.79 Å². The summed E-state index contributed by atoms with van der Waals surface area (Å²) < 4.78 is 0. The van der Waals surface area contributed by atoms with Gasteiger partial charge >= 0.3 is 0 Å². The average Bonchev–Trinajstić information content (AvgIpc) is 2.18. The van der Waals surface area contributed by atoms with Gasteiger partial charge in [-0.15, -0.1) is 6.58 Å². The molecule has 0 aliphatic rings. The molecule has 2 heteroatoms. The van der Waals surface area contributed by atoms with Crippen LogP contribution in [0.25, 0.3) is 0 Å². The Morgan fingerprint density at radius 2 is 2.14 bits per heavy atom. The van der Waals surface area contributed by atoms with E-state index in [0.29, 0.717) is 0 Å². The van der Waals surface area contributed by atoms with Crippen molar-refractivity contribution in [3.05, 3.63) is 48.0 Å². The summed E-state index contributed by atoms with van der Waals surface area (Å²) in [4.78, 5) is 14.1. The molecule has 1 unspecified atom stereocenters. The van der Waals surface area contributed by atoms with Crippen molar-refractivity contribution in [3.8, 4) is 0 Å². The fourth-order valence-electron chi connectivity index (χ4n) is 1.45. The molecule has 72 valence electrons. The van der Waals surface area contributed by atoms with Crippen molar-refractivity contribution in [1.29, 1.82) is 0 Å². The summed E-state index contributed by atoms with van der Waals surface area (Å²) in [6.45, 7) is 7.52. The lowest BCUT2D eigenvalue weighted by Gasteiger charge is -2.21. The molecule has 0 aliphatic heterocycles. The Hall–Kier alpha value is -1.66. The number of aliphatic imine (C=N–C) groups is 1. The molecule has 1 aromatic carbocycles. The van der Waals surface area contributed by atoms with Gasteiger partial charge in [0.2, 0.25) is 6.08 Å². The van der Waals surface area contributed by atoms with E-state index in [0.717, 1.165) is 11.1 Å². The Bertz CT molecular complexity index is 391. The molecule has 0 amide bonds. The van der Waals surface area contributed by atoms with Crippen LogP contribution in [0.5, 0.6) is 0 Å². The van der Waals surface area contributed by atoms with Crippen LogP contribution in [0.2, 0.25) is 0 Å². The first kappa shape index (κ1) is 10.4. The Morgan fingerprint density at radius 1 is 1.50 bits per heavy atom. The standard InChI is InChI=1S/C12H13NO/c1-4-12(3,13-9-14)11-8-6-5-7-10(11)2/h4-8H,1H2,2-3H3. The van der Waals surface area contributed by atoms with Crippen LogP contribution >= 0.6 is 0 Å². The van der Waals surface area contributed by atoms with E-state index in [4.69, 9.17) is 0 Å². The van der Waals surface area contributed by atoms with E-state index in [1.54, 1.807) is 12.2 Å². The van der Waals surface area contributed by atoms with Crippen LogP contribution in [-0.4, -0.2) is 6.08 Å². The van der Waals surface area contributed by atoms with Crippen LogP contribution < -0.4 is 0 Å². The molecule has 0 aromatic heterocycles. The molecule has 2 nitrogen and oxygen atoms in total. The minimum atomic E-state index is -0.660. The second-order valence-electron chi connectivity index (χ2n) is 3.37. The third-order valence-corrected chi connectivity index (χ3v) is 2.37. The van der Waals surface area contributed by atoms with Crippen molar-refractivity contribution in [3.63, 3.8) is 0 Å². The summed E-state index contributed by atoms with van der Waals surface area (Å²) in [7, 11) is 0.